The lowest BCUT2D eigenvalue weighted by atomic mass is 10.2. The van der Waals surface area contributed by atoms with Crippen LogP contribution in [0.15, 0.2) is 39.6 Å². The lowest BCUT2D eigenvalue weighted by Crippen LogP contribution is -2.35. The smallest absolute Gasteiger partial charge is 0.246 e. The average molecular weight is 447 g/mol. The number of aryl methyl sites for hydroxylation is 1. The highest BCUT2D eigenvalue weighted by atomic mass is 32.2. The minimum atomic E-state index is -3.68. The third-order valence-corrected chi connectivity index (χ3v) is 8.06. The quantitative estimate of drug-likeness (QED) is 0.658. The van der Waals surface area contributed by atoms with Gasteiger partial charge in [0.25, 0.3) is 0 Å². The van der Waals surface area contributed by atoms with Crippen molar-refractivity contribution in [3.05, 3.63) is 41.9 Å². The molecule has 2 aliphatic rings. The molecule has 0 radical (unpaired) electrons. The molecule has 1 aliphatic heterocycles. The highest BCUT2D eigenvalue weighted by Crippen LogP contribution is 2.47. The lowest BCUT2D eigenvalue weighted by Gasteiger charge is -2.26. The minimum Gasteiger partial charge on any atom is -0.495 e. The van der Waals surface area contributed by atoms with E-state index in [0.29, 0.717) is 37.0 Å². The molecule has 1 aliphatic carbocycles. The van der Waals surface area contributed by atoms with Gasteiger partial charge in [0.2, 0.25) is 15.9 Å². The van der Waals surface area contributed by atoms with Crippen molar-refractivity contribution in [1.29, 1.82) is 0 Å². The normalized spacial score (nSPS) is 21.6. The van der Waals surface area contributed by atoms with Crippen LogP contribution in [-0.4, -0.2) is 38.8 Å². The van der Waals surface area contributed by atoms with E-state index < -0.39 is 10.0 Å². The number of nitrogens with one attached hydrogen (secondary N) is 1. The molecular formula is C23H30N2O5S. The number of carbonyl (C=O) groups is 1. The molecule has 7 nitrogen and oxygen atoms in total. The van der Waals surface area contributed by atoms with E-state index in [-0.39, 0.29) is 23.0 Å². The minimum absolute atomic E-state index is 0.0870. The van der Waals surface area contributed by atoms with Crippen LogP contribution < -0.4 is 10.1 Å². The van der Waals surface area contributed by atoms with Gasteiger partial charge in [-0.1, -0.05) is 13.3 Å². The van der Waals surface area contributed by atoms with Gasteiger partial charge in [-0.15, -0.1) is 0 Å². The van der Waals surface area contributed by atoms with Crippen LogP contribution in [0.2, 0.25) is 0 Å². The Morgan fingerprint density at radius 1 is 1.19 bits per heavy atom. The number of piperidine rings is 1. The van der Waals surface area contributed by atoms with Crippen LogP contribution in [0, 0.1) is 5.92 Å². The van der Waals surface area contributed by atoms with E-state index in [1.807, 2.05) is 12.1 Å². The van der Waals surface area contributed by atoms with E-state index in [1.54, 1.807) is 12.1 Å². The predicted molar refractivity (Wildman–Crippen MR) is 118 cm³/mol. The fraction of sp³-hybridized carbons (Fsp3) is 0.522. The molecule has 1 aromatic carbocycles. The number of ether oxygens (including phenoxy) is 1. The van der Waals surface area contributed by atoms with E-state index in [0.717, 1.165) is 37.2 Å². The summed E-state index contributed by atoms with van der Waals surface area (Å²) in [7, 11) is -2.23. The van der Waals surface area contributed by atoms with Crippen molar-refractivity contribution in [3.8, 4) is 5.75 Å². The maximum absolute atomic E-state index is 13.1. The molecule has 1 N–H and O–H groups in total. The number of hydrogen-bond donors (Lipinski definition) is 1. The molecule has 1 saturated heterocycles. The molecule has 1 amide bonds. The zero-order valence-electron chi connectivity index (χ0n) is 18.1. The first-order valence-electron chi connectivity index (χ1n) is 10.9. The molecule has 2 fully saturated rings. The van der Waals surface area contributed by atoms with Crippen molar-refractivity contribution in [3.63, 3.8) is 0 Å². The van der Waals surface area contributed by atoms with Crippen LogP contribution in [0.3, 0.4) is 0 Å². The number of rotatable bonds is 8. The number of carbonyl (C=O) groups excluding carboxylic acids is 1. The summed E-state index contributed by atoms with van der Waals surface area (Å²) in [5, 5.41) is 2.81. The molecule has 1 saturated carbocycles. The SMILES string of the molecule is COc1ccc(NC(=O)CCc2ccc(C3CC3C)o2)cc1S(=O)(=O)N1CCCCC1. The largest absolute Gasteiger partial charge is 0.495 e. The maximum Gasteiger partial charge on any atom is 0.246 e. The van der Waals surface area contributed by atoms with Crippen molar-refractivity contribution < 1.29 is 22.4 Å². The average Bonchev–Trinajstić information content (AvgIpc) is 3.32. The Labute approximate surface area is 183 Å². The summed E-state index contributed by atoms with van der Waals surface area (Å²) in [5.41, 5.74) is 0.438. The van der Waals surface area contributed by atoms with Gasteiger partial charge >= 0.3 is 0 Å². The highest BCUT2D eigenvalue weighted by molar-refractivity contribution is 7.89. The van der Waals surface area contributed by atoms with Gasteiger partial charge in [0.15, 0.2) is 0 Å². The number of methoxy groups -OCH3 is 1. The van der Waals surface area contributed by atoms with Gasteiger partial charge in [-0.25, -0.2) is 8.42 Å². The number of amides is 1. The Morgan fingerprint density at radius 3 is 2.61 bits per heavy atom. The van der Waals surface area contributed by atoms with Crippen LogP contribution in [0.4, 0.5) is 5.69 Å². The monoisotopic (exact) mass is 446 g/mol. The number of hydrogen-bond acceptors (Lipinski definition) is 5. The van der Waals surface area contributed by atoms with E-state index in [4.69, 9.17) is 9.15 Å². The zero-order chi connectivity index (χ0) is 22.0. The van der Waals surface area contributed by atoms with Crippen LogP contribution >= 0.6 is 0 Å². The zero-order valence-corrected chi connectivity index (χ0v) is 18.9. The number of nitrogens with zero attached hydrogens (tertiary/aromatic N) is 1. The summed E-state index contributed by atoms with van der Waals surface area (Å²) in [6.45, 7) is 3.22. The molecule has 8 heteroatoms. The molecule has 2 atom stereocenters. The summed E-state index contributed by atoms with van der Waals surface area (Å²) in [6.07, 6.45) is 4.66. The summed E-state index contributed by atoms with van der Waals surface area (Å²) in [5.74, 6) is 3.08. The molecular weight excluding hydrogens is 416 g/mol. The predicted octanol–water partition coefficient (Wildman–Crippen LogP) is 4.16. The standard InChI is InChI=1S/C23H30N2O5S/c1-16-14-19(16)20-10-7-18(30-20)8-11-23(26)24-17-6-9-21(29-2)22(15-17)31(27,28)25-12-4-3-5-13-25/h6-7,9-10,15-16,19H,3-5,8,11-14H2,1-2H3,(H,24,26). The van der Waals surface area contributed by atoms with Gasteiger partial charge in [0, 0.05) is 37.5 Å². The van der Waals surface area contributed by atoms with E-state index >= 15 is 0 Å². The Bertz CT molecular complexity index is 1040. The molecule has 2 unspecified atom stereocenters. The van der Waals surface area contributed by atoms with E-state index in [9.17, 15) is 13.2 Å². The molecule has 2 heterocycles. The Hall–Kier alpha value is -2.32. The van der Waals surface area contributed by atoms with Crippen LogP contribution in [0.1, 0.15) is 56.5 Å². The summed E-state index contributed by atoms with van der Waals surface area (Å²) >= 11 is 0. The molecule has 0 spiro atoms. The summed E-state index contributed by atoms with van der Waals surface area (Å²) < 4.78 is 38.9. The first-order chi connectivity index (χ1) is 14.9. The maximum atomic E-state index is 13.1. The second-order valence-corrected chi connectivity index (χ2v) is 10.4. The summed E-state index contributed by atoms with van der Waals surface area (Å²) in [4.78, 5) is 12.6. The Balaban J connectivity index is 1.41. The lowest BCUT2D eigenvalue weighted by molar-refractivity contribution is -0.116. The van der Waals surface area contributed by atoms with Crippen molar-refractivity contribution >= 4 is 21.6 Å². The third kappa shape index (κ3) is 4.96. The van der Waals surface area contributed by atoms with Crippen LogP contribution in [-0.2, 0) is 21.2 Å². The number of sulfonamides is 1. The van der Waals surface area contributed by atoms with Gasteiger partial charge in [0.05, 0.1) is 7.11 Å². The number of benzene rings is 1. The van der Waals surface area contributed by atoms with Crippen LogP contribution in [0.5, 0.6) is 5.75 Å². The molecule has 4 rings (SSSR count). The fourth-order valence-electron chi connectivity index (χ4n) is 4.11. The number of anilines is 1. The first-order valence-corrected chi connectivity index (χ1v) is 12.4. The molecule has 31 heavy (non-hydrogen) atoms. The Kier molecular flexibility index (Phi) is 6.39. The van der Waals surface area contributed by atoms with E-state index in [2.05, 4.69) is 12.2 Å². The molecule has 2 aromatic rings. The molecule has 168 valence electrons. The van der Waals surface area contributed by atoms with Crippen molar-refractivity contribution in [2.24, 2.45) is 5.92 Å². The fourth-order valence-corrected chi connectivity index (χ4v) is 5.81. The topological polar surface area (TPSA) is 88.8 Å². The van der Waals surface area contributed by atoms with Crippen molar-refractivity contribution in [2.45, 2.75) is 56.3 Å². The van der Waals surface area contributed by atoms with Gasteiger partial charge in [0.1, 0.15) is 22.2 Å². The highest BCUT2D eigenvalue weighted by Gasteiger charge is 2.36. The first kappa shape index (κ1) is 21.9. The van der Waals surface area contributed by atoms with Crippen molar-refractivity contribution in [2.75, 3.05) is 25.5 Å². The van der Waals surface area contributed by atoms with Gasteiger partial charge in [-0.2, -0.15) is 4.31 Å². The second-order valence-electron chi connectivity index (χ2n) is 8.50. The van der Waals surface area contributed by atoms with Crippen LogP contribution in [0.25, 0.3) is 0 Å². The van der Waals surface area contributed by atoms with Gasteiger partial charge < -0.3 is 14.5 Å². The van der Waals surface area contributed by atoms with E-state index in [1.165, 1.54) is 17.5 Å². The molecule has 0 bridgehead atoms. The van der Waals surface area contributed by atoms with Gasteiger partial charge in [-0.05, 0) is 55.5 Å². The van der Waals surface area contributed by atoms with Gasteiger partial charge in [-0.3, -0.25) is 4.79 Å². The third-order valence-electron chi connectivity index (χ3n) is 6.14. The molecule has 1 aromatic heterocycles. The second kappa shape index (κ2) is 9.04. The Morgan fingerprint density at radius 2 is 1.94 bits per heavy atom. The summed E-state index contributed by atoms with van der Waals surface area (Å²) in [6, 6.07) is 8.67. The number of furan rings is 1. The van der Waals surface area contributed by atoms with Crippen molar-refractivity contribution in [1.82, 2.24) is 4.31 Å².